The van der Waals surface area contributed by atoms with E-state index < -0.39 is 21.4 Å². The number of nitrogen functional groups attached to an aromatic ring is 1. The molecule has 10 heteroatoms. The Labute approximate surface area is 205 Å². The number of halogens is 1. The third kappa shape index (κ3) is 4.84. The minimum Gasteiger partial charge on any atom is -0.497 e. The highest BCUT2D eigenvalue weighted by Crippen LogP contribution is 2.44. The van der Waals surface area contributed by atoms with Crippen molar-refractivity contribution in [3.05, 3.63) is 89.1 Å². The maximum atomic E-state index is 13.6. The van der Waals surface area contributed by atoms with Crippen molar-refractivity contribution in [3.63, 3.8) is 0 Å². The van der Waals surface area contributed by atoms with E-state index in [1.807, 2.05) is 0 Å². The normalized spacial score (nSPS) is 11.2. The average molecular weight is 513 g/mol. The molecule has 7 nitrogen and oxygen atoms in total. The monoisotopic (exact) mass is 512 g/mol. The Morgan fingerprint density at radius 3 is 2.23 bits per heavy atom. The van der Waals surface area contributed by atoms with Crippen molar-refractivity contribution in [2.24, 2.45) is 0 Å². The predicted octanol–water partition coefficient (Wildman–Crippen LogP) is 5.29. The summed E-state index contributed by atoms with van der Waals surface area (Å²) >= 11 is 0.907. The number of thiophene rings is 1. The fourth-order valence-electron chi connectivity index (χ4n) is 3.38. The van der Waals surface area contributed by atoms with Crippen LogP contribution < -0.4 is 20.5 Å². The fourth-order valence-corrected chi connectivity index (χ4v) is 6.31. The molecule has 4 rings (SSSR count). The van der Waals surface area contributed by atoms with Gasteiger partial charge in [-0.3, -0.25) is 4.79 Å². The molecule has 1 aromatic heterocycles. The van der Waals surface area contributed by atoms with Gasteiger partial charge in [0.1, 0.15) is 32.1 Å². The summed E-state index contributed by atoms with van der Waals surface area (Å²) in [6.45, 7) is 0. The number of ketones is 1. The number of ether oxygens (including phenoxy) is 2. The molecule has 0 unspecified atom stereocenters. The molecule has 35 heavy (non-hydrogen) atoms. The topological polar surface area (TPSA) is 108 Å². The van der Waals surface area contributed by atoms with Gasteiger partial charge in [0.2, 0.25) is 15.6 Å². The zero-order chi connectivity index (χ0) is 25.2. The fraction of sp³-hybridized carbons (Fsp3) is 0.0800. The van der Waals surface area contributed by atoms with E-state index >= 15 is 0 Å². The molecule has 0 aliphatic heterocycles. The number of sulfone groups is 1. The highest BCUT2D eigenvalue weighted by Gasteiger charge is 2.32. The van der Waals surface area contributed by atoms with E-state index in [9.17, 15) is 17.6 Å². The number of hydrogen-bond acceptors (Lipinski definition) is 8. The van der Waals surface area contributed by atoms with Crippen LogP contribution in [-0.2, 0) is 9.84 Å². The first-order valence-electron chi connectivity index (χ1n) is 10.3. The van der Waals surface area contributed by atoms with Gasteiger partial charge in [-0.05, 0) is 60.7 Å². The zero-order valence-corrected chi connectivity index (χ0v) is 20.4. The predicted molar refractivity (Wildman–Crippen MR) is 133 cm³/mol. The number of methoxy groups -OCH3 is 2. The minimum absolute atomic E-state index is 0.0228. The summed E-state index contributed by atoms with van der Waals surface area (Å²) in [5.41, 5.74) is 6.87. The van der Waals surface area contributed by atoms with Crippen LogP contribution in [0, 0.1) is 5.82 Å². The Balaban J connectivity index is 1.86. The second-order valence-electron chi connectivity index (χ2n) is 7.38. The number of benzene rings is 3. The zero-order valence-electron chi connectivity index (χ0n) is 18.7. The number of carbonyl (C=O) groups excluding carboxylic acids is 1. The van der Waals surface area contributed by atoms with Crippen LogP contribution in [0.4, 0.5) is 20.8 Å². The molecule has 0 radical (unpaired) electrons. The lowest BCUT2D eigenvalue weighted by atomic mass is 10.1. The maximum absolute atomic E-state index is 13.6. The molecule has 0 saturated heterocycles. The van der Waals surface area contributed by atoms with Crippen LogP contribution in [0.15, 0.2) is 82.6 Å². The van der Waals surface area contributed by atoms with Crippen LogP contribution in [0.5, 0.6) is 11.5 Å². The number of hydrogen-bond donors (Lipinski definition) is 2. The molecular formula is C25H21FN2O5S2. The Morgan fingerprint density at radius 2 is 1.60 bits per heavy atom. The summed E-state index contributed by atoms with van der Waals surface area (Å²) in [6, 6.07) is 17.7. The van der Waals surface area contributed by atoms with Gasteiger partial charge in [0.15, 0.2) is 0 Å². The number of rotatable bonds is 8. The summed E-state index contributed by atoms with van der Waals surface area (Å²) in [7, 11) is -1.19. The molecule has 3 aromatic carbocycles. The number of nitrogens with two attached hydrogens (primary N) is 1. The van der Waals surface area contributed by atoms with E-state index in [0.717, 1.165) is 11.3 Å². The maximum Gasteiger partial charge on any atom is 0.211 e. The van der Waals surface area contributed by atoms with Crippen molar-refractivity contribution in [2.75, 3.05) is 25.3 Å². The molecule has 0 saturated carbocycles. The summed E-state index contributed by atoms with van der Waals surface area (Å²) in [5.74, 6) is 0.0634. The van der Waals surface area contributed by atoms with E-state index in [1.165, 1.54) is 62.8 Å². The van der Waals surface area contributed by atoms with E-state index in [0.29, 0.717) is 22.7 Å². The van der Waals surface area contributed by atoms with Gasteiger partial charge in [0.05, 0.1) is 24.8 Å². The highest BCUT2D eigenvalue weighted by atomic mass is 32.2. The number of carbonyl (C=O) groups is 1. The standard InChI is InChI=1S/C25H21FN2O5S2/c1-32-18-10-12-20(13-11-18)35(30,31)24-21(27)23(22(29)15-4-3-5-19(14-15)33-2)34-25(24)28-17-8-6-16(26)7-9-17/h3-14,28H,27H2,1-2H3. The van der Waals surface area contributed by atoms with Gasteiger partial charge in [-0.2, -0.15) is 0 Å². The summed E-state index contributed by atoms with van der Waals surface area (Å²) in [5, 5.41) is 3.11. The first-order chi connectivity index (χ1) is 16.7. The molecule has 0 fully saturated rings. The lowest BCUT2D eigenvalue weighted by Gasteiger charge is -2.10. The summed E-state index contributed by atoms with van der Waals surface area (Å²) in [6.07, 6.45) is 0. The lowest BCUT2D eigenvalue weighted by molar-refractivity contribution is 0.104. The quantitative estimate of drug-likeness (QED) is 0.309. The Hall–Kier alpha value is -3.89. The van der Waals surface area contributed by atoms with Crippen LogP contribution >= 0.6 is 11.3 Å². The van der Waals surface area contributed by atoms with E-state index in [2.05, 4.69) is 5.32 Å². The lowest BCUT2D eigenvalue weighted by Crippen LogP contribution is -2.08. The second kappa shape index (κ2) is 9.77. The molecule has 4 aromatic rings. The molecule has 0 aliphatic carbocycles. The van der Waals surface area contributed by atoms with Gasteiger partial charge in [0, 0.05) is 11.3 Å². The van der Waals surface area contributed by atoms with Gasteiger partial charge in [0.25, 0.3) is 0 Å². The van der Waals surface area contributed by atoms with Gasteiger partial charge in [-0.1, -0.05) is 12.1 Å². The van der Waals surface area contributed by atoms with Crippen molar-refractivity contribution in [1.82, 2.24) is 0 Å². The molecule has 0 spiro atoms. The van der Waals surface area contributed by atoms with Crippen LogP contribution in [0.25, 0.3) is 0 Å². The molecule has 0 atom stereocenters. The molecule has 1 heterocycles. The third-order valence-electron chi connectivity index (χ3n) is 5.18. The van der Waals surface area contributed by atoms with Crippen molar-refractivity contribution >= 4 is 43.3 Å². The van der Waals surface area contributed by atoms with Gasteiger partial charge in [-0.25, -0.2) is 12.8 Å². The van der Waals surface area contributed by atoms with E-state index in [4.69, 9.17) is 15.2 Å². The summed E-state index contributed by atoms with van der Waals surface area (Å²) < 4.78 is 51.0. The van der Waals surface area contributed by atoms with Gasteiger partial charge in [-0.15, -0.1) is 11.3 Å². The molecule has 0 amide bonds. The molecule has 3 N–H and O–H groups in total. The molecule has 0 aliphatic rings. The van der Waals surface area contributed by atoms with Crippen molar-refractivity contribution in [1.29, 1.82) is 0 Å². The smallest absolute Gasteiger partial charge is 0.211 e. The Morgan fingerprint density at radius 1 is 0.943 bits per heavy atom. The van der Waals surface area contributed by atoms with Crippen LogP contribution in [0.2, 0.25) is 0 Å². The van der Waals surface area contributed by atoms with Crippen LogP contribution in [0.1, 0.15) is 15.2 Å². The van der Waals surface area contributed by atoms with Gasteiger partial charge < -0.3 is 20.5 Å². The first kappa shape index (κ1) is 24.2. The van der Waals surface area contributed by atoms with Crippen molar-refractivity contribution in [2.45, 2.75) is 9.79 Å². The molecule has 0 bridgehead atoms. The van der Waals surface area contributed by atoms with Crippen LogP contribution in [0.3, 0.4) is 0 Å². The van der Waals surface area contributed by atoms with Crippen molar-refractivity contribution < 1.29 is 27.1 Å². The average Bonchev–Trinajstić information content (AvgIpc) is 3.21. The third-order valence-corrected chi connectivity index (χ3v) is 8.28. The van der Waals surface area contributed by atoms with E-state index in [1.54, 1.807) is 24.3 Å². The van der Waals surface area contributed by atoms with Crippen molar-refractivity contribution in [3.8, 4) is 11.5 Å². The number of nitrogens with one attached hydrogen (secondary N) is 1. The second-order valence-corrected chi connectivity index (χ2v) is 10.3. The molecular weight excluding hydrogens is 491 g/mol. The summed E-state index contributed by atoms with van der Waals surface area (Å²) in [4.78, 5) is 13.1. The first-order valence-corrected chi connectivity index (χ1v) is 12.6. The Bertz CT molecular complexity index is 1480. The van der Waals surface area contributed by atoms with Crippen LogP contribution in [-0.4, -0.2) is 28.4 Å². The SMILES string of the molecule is COc1ccc(S(=O)(=O)c2c(Nc3ccc(F)cc3)sc(C(=O)c3cccc(OC)c3)c2N)cc1. The Kier molecular flexibility index (Phi) is 6.77. The molecule has 180 valence electrons. The number of anilines is 3. The van der Waals surface area contributed by atoms with Gasteiger partial charge >= 0.3 is 0 Å². The largest absolute Gasteiger partial charge is 0.497 e. The minimum atomic E-state index is -4.14. The van der Waals surface area contributed by atoms with E-state index in [-0.39, 0.29) is 25.4 Å². The highest BCUT2D eigenvalue weighted by molar-refractivity contribution is 7.92.